The lowest BCUT2D eigenvalue weighted by molar-refractivity contribution is -0.0204. The normalized spacial score (nSPS) is 33.5. The van der Waals surface area contributed by atoms with E-state index in [1.807, 2.05) is 0 Å². The van der Waals surface area contributed by atoms with E-state index in [-0.39, 0.29) is 5.15 Å². The van der Waals surface area contributed by atoms with Gasteiger partial charge in [-0.15, -0.1) is 0 Å². The van der Waals surface area contributed by atoms with Gasteiger partial charge in [0.05, 0.1) is 24.2 Å². The fourth-order valence-electron chi connectivity index (χ4n) is 4.56. The van der Waals surface area contributed by atoms with Gasteiger partial charge in [-0.1, -0.05) is 11.6 Å². The summed E-state index contributed by atoms with van der Waals surface area (Å²) in [7, 11) is -9.45. The molecule has 2 aliphatic heterocycles. The molecule has 2 aromatic rings. The molecule has 13 nitrogen and oxygen atoms in total. The fraction of sp³-hybridized carbons (Fsp3) is 0.647. The number of hydrogen-bond acceptors (Lipinski definition) is 9. The number of anilines is 1. The second-order valence-corrected chi connectivity index (χ2v) is 13.1. The van der Waals surface area contributed by atoms with Crippen LogP contribution < -0.4 is 4.90 Å². The molecular weight excluding hydrogens is 502 g/mol. The third kappa shape index (κ3) is 4.72. The van der Waals surface area contributed by atoms with Crippen molar-refractivity contribution in [1.29, 1.82) is 0 Å². The summed E-state index contributed by atoms with van der Waals surface area (Å²) in [5.41, 5.74) is 1.64. The van der Waals surface area contributed by atoms with Crippen LogP contribution in [0.5, 0.6) is 0 Å². The van der Waals surface area contributed by atoms with Gasteiger partial charge in [-0.25, -0.2) is 9.50 Å². The molecule has 0 bridgehead atoms. The van der Waals surface area contributed by atoms with Gasteiger partial charge < -0.3 is 39.1 Å². The summed E-state index contributed by atoms with van der Waals surface area (Å²) in [6, 6.07) is 1.73. The van der Waals surface area contributed by atoms with Crippen LogP contribution in [0.15, 0.2) is 12.3 Å². The van der Waals surface area contributed by atoms with Gasteiger partial charge in [0.15, 0.2) is 16.7 Å². The number of rotatable bonds is 7. The van der Waals surface area contributed by atoms with E-state index in [1.165, 1.54) is 17.1 Å². The van der Waals surface area contributed by atoms with Crippen LogP contribution in [-0.4, -0.2) is 83.4 Å². The molecule has 2 aromatic heterocycles. The Hall–Kier alpha value is -1.11. The number of halogens is 1. The number of aliphatic hydroxyl groups excluding tert-OH is 2. The van der Waals surface area contributed by atoms with Crippen LogP contribution in [0, 0.1) is 11.8 Å². The molecule has 3 fully saturated rings. The molecular formula is C17H23ClN4O9P2. The molecule has 182 valence electrons. The van der Waals surface area contributed by atoms with Gasteiger partial charge in [-0.2, -0.15) is 5.10 Å². The van der Waals surface area contributed by atoms with Crippen molar-refractivity contribution in [2.75, 3.05) is 30.5 Å². The number of aromatic nitrogens is 3. The Morgan fingerprint density at radius 2 is 1.88 bits per heavy atom. The zero-order valence-corrected chi connectivity index (χ0v) is 19.6. The van der Waals surface area contributed by atoms with Gasteiger partial charge in [0.25, 0.3) is 0 Å². The number of fused-ring (bicyclic) bond motifs is 2. The van der Waals surface area contributed by atoms with E-state index in [0.29, 0.717) is 23.2 Å². The Labute approximate surface area is 192 Å². The molecule has 4 unspecified atom stereocenters. The van der Waals surface area contributed by atoms with Crippen molar-refractivity contribution in [2.24, 2.45) is 11.8 Å². The third-order valence-corrected chi connectivity index (χ3v) is 9.86. The number of aliphatic hydroxyl groups is 2. The summed E-state index contributed by atoms with van der Waals surface area (Å²) in [6.45, 7) is 1.13. The predicted octanol–water partition coefficient (Wildman–Crippen LogP) is 0.338. The molecule has 33 heavy (non-hydrogen) atoms. The molecule has 1 saturated carbocycles. The Morgan fingerprint density at radius 1 is 1.18 bits per heavy atom. The second-order valence-electron chi connectivity index (χ2n) is 8.75. The van der Waals surface area contributed by atoms with Gasteiger partial charge in [0.1, 0.15) is 24.4 Å². The standard InChI is InChI=1S/C17H23ClN4O9P2/c18-13-2-10(21-4-8-1-9(8)5-21)17-19-3-11(22(17)20-13)16-15(24)14(23)12(31-16)6-30-33(28,29)7-32(25,26)27/h2-3,8-9,12,14-16,23-24H,1,4-7H2,(H,28,29)(H2,25,26,27)/t8?,9?,12-,14-,15-,16?/m1/s1. The van der Waals surface area contributed by atoms with E-state index in [9.17, 15) is 24.2 Å². The van der Waals surface area contributed by atoms with Crippen LogP contribution in [0.2, 0.25) is 5.15 Å². The Bertz CT molecular complexity index is 1160. The SMILES string of the molecule is O=P(O)(O)CP(=O)(O)OC[C@H]1OC(c2cnc3c(N4CC5CC5C4)cc(Cl)nn23)[C@H](O)[C@@H]1O. The van der Waals surface area contributed by atoms with Gasteiger partial charge in [0.2, 0.25) is 0 Å². The van der Waals surface area contributed by atoms with E-state index in [0.717, 1.165) is 18.8 Å². The molecule has 0 amide bonds. The summed E-state index contributed by atoms with van der Waals surface area (Å²) in [5.74, 6) is -0.0170. The molecule has 3 aliphatic rings. The molecule has 0 spiro atoms. The Morgan fingerprint density at radius 3 is 2.55 bits per heavy atom. The molecule has 5 N–H and O–H groups in total. The highest BCUT2D eigenvalue weighted by Gasteiger charge is 2.47. The molecule has 0 radical (unpaired) electrons. The first-order chi connectivity index (χ1) is 15.4. The van der Waals surface area contributed by atoms with Gasteiger partial charge in [-0.05, 0) is 18.3 Å². The summed E-state index contributed by atoms with van der Waals surface area (Å²) in [5, 5.41) is 25.4. The number of nitrogens with zero attached hydrogens (tertiary/aromatic N) is 4. The molecule has 7 atom stereocenters. The maximum Gasteiger partial charge on any atom is 0.340 e. The van der Waals surface area contributed by atoms with Gasteiger partial charge in [-0.3, -0.25) is 9.13 Å². The maximum absolute atomic E-state index is 11.9. The number of ether oxygens (including phenoxy) is 1. The Kier molecular flexibility index (Phi) is 5.90. The first kappa shape index (κ1) is 23.6. The van der Waals surface area contributed by atoms with Crippen molar-refractivity contribution in [3.05, 3.63) is 23.1 Å². The van der Waals surface area contributed by atoms with Crippen molar-refractivity contribution >= 4 is 38.1 Å². The monoisotopic (exact) mass is 524 g/mol. The summed E-state index contributed by atoms with van der Waals surface area (Å²) < 4.78 is 34.7. The lowest BCUT2D eigenvalue weighted by Crippen LogP contribution is -2.33. The fourth-order valence-corrected chi connectivity index (χ4v) is 7.30. The van der Waals surface area contributed by atoms with Crippen LogP contribution in [0.3, 0.4) is 0 Å². The van der Waals surface area contributed by atoms with E-state index >= 15 is 0 Å². The minimum Gasteiger partial charge on any atom is -0.387 e. The molecule has 1 aliphatic carbocycles. The van der Waals surface area contributed by atoms with Crippen LogP contribution >= 0.6 is 26.8 Å². The van der Waals surface area contributed by atoms with Crippen LogP contribution in [0.1, 0.15) is 18.2 Å². The quantitative estimate of drug-likeness (QED) is 0.313. The van der Waals surface area contributed by atoms with E-state index in [1.54, 1.807) is 6.07 Å². The van der Waals surface area contributed by atoms with Crippen LogP contribution in [0.25, 0.3) is 5.65 Å². The van der Waals surface area contributed by atoms with Crippen LogP contribution in [0.4, 0.5) is 5.69 Å². The largest absolute Gasteiger partial charge is 0.387 e. The van der Waals surface area contributed by atoms with Gasteiger partial charge in [0, 0.05) is 19.2 Å². The average Bonchev–Trinajstić information content (AvgIpc) is 3.01. The first-order valence-electron chi connectivity index (χ1n) is 10.2. The highest BCUT2D eigenvalue weighted by atomic mass is 35.5. The number of imidazole rings is 1. The Balaban J connectivity index is 1.36. The molecule has 4 heterocycles. The lowest BCUT2D eigenvalue weighted by Gasteiger charge is -2.21. The number of hydrogen-bond donors (Lipinski definition) is 5. The minimum absolute atomic E-state index is 0.212. The van der Waals surface area contributed by atoms with E-state index in [4.69, 9.17) is 30.6 Å². The number of piperidine rings is 1. The predicted molar refractivity (Wildman–Crippen MR) is 114 cm³/mol. The van der Waals surface area contributed by atoms with E-state index in [2.05, 4.69) is 15.0 Å². The zero-order chi connectivity index (χ0) is 23.7. The second kappa shape index (κ2) is 8.23. The third-order valence-electron chi connectivity index (χ3n) is 6.22. The average molecular weight is 525 g/mol. The zero-order valence-electron chi connectivity index (χ0n) is 17.1. The van der Waals surface area contributed by atoms with Crippen molar-refractivity contribution in [3.8, 4) is 0 Å². The van der Waals surface area contributed by atoms with Crippen molar-refractivity contribution in [2.45, 2.75) is 30.8 Å². The van der Waals surface area contributed by atoms with Gasteiger partial charge >= 0.3 is 15.2 Å². The minimum atomic E-state index is -4.80. The summed E-state index contributed by atoms with van der Waals surface area (Å²) in [6.07, 6.45) is -2.61. The maximum atomic E-state index is 11.9. The lowest BCUT2D eigenvalue weighted by atomic mass is 10.1. The van der Waals surface area contributed by atoms with Crippen molar-refractivity contribution < 1.29 is 43.3 Å². The van der Waals surface area contributed by atoms with Crippen LogP contribution in [-0.2, 0) is 18.4 Å². The molecule has 5 rings (SSSR count). The smallest absolute Gasteiger partial charge is 0.340 e. The molecule has 16 heteroatoms. The topological polar surface area (TPSA) is 187 Å². The molecule has 0 aromatic carbocycles. The van der Waals surface area contributed by atoms with Crippen molar-refractivity contribution in [3.63, 3.8) is 0 Å². The summed E-state index contributed by atoms with van der Waals surface area (Å²) >= 11 is 6.25. The molecule has 2 saturated heterocycles. The highest BCUT2D eigenvalue weighted by molar-refractivity contribution is 7.70. The van der Waals surface area contributed by atoms with Crippen molar-refractivity contribution in [1.82, 2.24) is 14.6 Å². The highest BCUT2D eigenvalue weighted by Crippen LogP contribution is 2.55. The first-order valence-corrected chi connectivity index (χ1v) is 14.2. The van der Waals surface area contributed by atoms with E-state index < -0.39 is 52.1 Å². The summed E-state index contributed by atoms with van der Waals surface area (Å²) in [4.78, 5) is 34.0.